The molecule has 0 bridgehead atoms. The number of aromatic nitrogens is 1. The quantitative estimate of drug-likeness (QED) is 0.677. The molecule has 2 aromatic rings. The van der Waals surface area contributed by atoms with Gasteiger partial charge in [-0.1, -0.05) is 29.3 Å². The number of rotatable bonds is 5. The summed E-state index contributed by atoms with van der Waals surface area (Å²) in [5, 5.41) is 9.13. The Hall–Kier alpha value is -2.38. The van der Waals surface area contributed by atoms with Crippen LogP contribution in [0.3, 0.4) is 0 Å². The average Bonchev–Trinajstić information content (AvgIpc) is 2.58. The van der Waals surface area contributed by atoms with Gasteiger partial charge in [0.1, 0.15) is 11.6 Å². The third kappa shape index (κ3) is 4.23. The smallest absolute Gasteiger partial charge is 0.228 e. The van der Waals surface area contributed by atoms with Crippen molar-refractivity contribution in [2.45, 2.75) is 12.3 Å². The molecule has 0 fully saturated rings. The minimum Gasteiger partial charge on any atom is -0.367 e. The Morgan fingerprint density at radius 3 is 2.88 bits per heavy atom. The maximum Gasteiger partial charge on any atom is 0.228 e. The second-order valence-corrected chi connectivity index (χ2v) is 6.58. The van der Waals surface area contributed by atoms with Crippen LogP contribution in [0.25, 0.3) is 0 Å². The summed E-state index contributed by atoms with van der Waals surface area (Å²) >= 11 is 11.8. The van der Waals surface area contributed by atoms with Gasteiger partial charge in [0.15, 0.2) is 0 Å². The Kier molecular flexibility index (Phi) is 5.58. The van der Waals surface area contributed by atoms with Gasteiger partial charge in [-0.25, -0.2) is 9.37 Å². The first-order valence-electron chi connectivity index (χ1n) is 7.86. The van der Waals surface area contributed by atoms with E-state index in [4.69, 9.17) is 23.2 Å². The van der Waals surface area contributed by atoms with Crippen LogP contribution >= 0.6 is 23.2 Å². The predicted molar refractivity (Wildman–Crippen MR) is 98.1 cm³/mol. The summed E-state index contributed by atoms with van der Waals surface area (Å²) < 4.78 is 13.3. The van der Waals surface area contributed by atoms with Crippen molar-refractivity contribution in [3.8, 4) is 0 Å². The monoisotopic (exact) mass is 396 g/mol. The highest BCUT2D eigenvalue weighted by atomic mass is 35.5. The highest BCUT2D eigenvalue weighted by molar-refractivity contribution is 6.35. The van der Waals surface area contributed by atoms with Crippen LogP contribution in [0.5, 0.6) is 0 Å². The zero-order valence-corrected chi connectivity index (χ0v) is 15.0. The molecule has 136 valence electrons. The molecule has 3 N–H and O–H groups in total. The van der Waals surface area contributed by atoms with Gasteiger partial charge in [0.05, 0.1) is 16.0 Å². The lowest BCUT2D eigenvalue weighted by Gasteiger charge is -2.25. The van der Waals surface area contributed by atoms with Gasteiger partial charge in [-0.05, 0) is 23.8 Å². The molecule has 0 spiro atoms. The first-order valence-corrected chi connectivity index (χ1v) is 8.61. The first-order chi connectivity index (χ1) is 12.4. The van der Waals surface area contributed by atoms with Crippen molar-refractivity contribution < 1.29 is 14.0 Å². The Bertz CT molecular complexity index is 863. The maximum atomic E-state index is 13.3. The average molecular weight is 397 g/mol. The highest BCUT2D eigenvalue weighted by Crippen LogP contribution is 2.32. The summed E-state index contributed by atoms with van der Waals surface area (Å²) in [5.74, 6) is -1.29. The van der Waals surface area contributed by atoms with E-state index in [9.17, 15) is 14.0 Å². The molecule has 2 amide bonds. The van der Waals surface area contributed by atoms with Crippen molar-refractivity contribution in [2.24, 2.45) is 0 Å². The third-order valence-corrected chi connectivity index (χ3v) is 4.39. The van der Waals surface area contributed by atoms with E-state index in [2.05, 4.69) is 20.9 Å². The molecule has 1 aliphatic rings. The Labute approximate surface area is 159 Å². The number of amides is 2. The van der Waals surface area contributed by atoms with Crippen LogP contribution in [0, 0.1) is 5.82 Å². The lowest BCUT2D eigenvalue weighted by molar-refractivity contribution is -0.126. The molecule has 0 saturated heterocycles. The molecule has 0 saturated carbocycles. The maximum absolute atomic E-state index is 13.3. The van der Waals surface area contributed by atoms with Crippen molar-refractivity contribution in [1.82, 2.24) is 10.3 Å². The van der Waals surface area contributed by atoms with Crippen LogP contribution < -0.4 is 16.0 Å². The first kappa shape index (κ1) is 18.4. The predicted octanol–water partition coefficient (Wildman–Crippen LogP) is 3.18. The summed E-state index contributed by atoms with van der Waals surface area (Å²) in [6.07, 6.45) is 1.48. The molecule has 26 heavy (non-hydrogen) atoms. The number of benzene rings is 1. The largest absolute Gasteiger partial charge is 0.367 e. The molecular formula is C17H15Cl2FN4O2. The number of anilines is 2. The van der Waals surface area contributed by atoms with Crippen molar-refractivity contribution in [1.29, 1.82) is 0 Å². The number of nitrogens with zero attached hydrogens (tertiary/aromatic N) is 1. The fourth-order valence-electron chi connectivity index (χ4n) is 2.71. The van der Waals surface area contributed by atoms with E-state index in [1.54, 1.807) is 6.07 Å². The lowest BCUT2D eigenvalue weighted by Crippen LogP contribution is -2.37. The molecular weight excluding hydrogens is 382 g/mol. The molecule has 1 aromatic heterocycles. The van der Waals surface area contributed by atoms with Crippen molar-refractivity contribution >= 4 is 46.5 Å². The minimum atomic E-state index is -0.656. The summed E-state index contributed by atoms with van der Waals surface area (Å²) in [6, 6.07) is 5.56. The molecule has 1 aliphatic heterocycles. The molecule has 2 heterocycles. The zero-order chi connectivity index (χ0) is 18.7. The molecule has 3 rings (SSSR count). The minimum absolute atomic E-state index is 0.0163. The molecule has 1 atom stereocenters. The molecule has 9 heteroatoms. The van der Waals surface area contributed by atoms with Crippen LogP contribution in [0.15, 0.2) is 30.5 Å². The van der Waals surface area contributed by atoms with E-state index in [1.807, 2.05) is 0 Å². The van der Waals surface area contributed by atoms with Crippen LogP contribution in [0.2, 0.25) is 10.0 Å². The van der Waals surface area contributed by atoms with Gasteiger partial charge in [-0.3, -0.25) is 9.59 Å². The normalized spacial score (nSPS) is 15.8. The molecule has 0 radical (unpaired) electrons. The van der Waals surface area contributed by atoms with E-state index in [0.717, 1.165) is 0 Å². The van der Waals surface area contributed by atoms with Gasteiger partial charge in [0.25, 0.3) is 0 Å². The van der Waals surface area contributed by atoms with Gasteiger partial charge in [0, 0.05) is 31.4 Å². The molecule has 0 aliphatic carbocycles. The van der Waals surface area contributed by atoms with Crippen molar-refractivity contribution in [3.05, 3.63) is 51.9 Å². The summed E-state index contributed by atoms with van der Waals surface area (Å²) in [5.41, 5.74) is 0.926. The Morgan fingerprint density at radius 2 is 2.12 bits per heavy atom. The summed E-state index contributed by atoms with van der Waals surface area (Å²) in [7, 11) is 0. The van der Waals surface area contributed by atoms with Crippen LogP contribution in [0.4, 0.5) is 15.9 Å². The number of fused-ring (bicyclic) bond motifs is 1. The van der Waals surface area contributed by atoms with E-state index in [0.29, 0.717) is 40.2 Å². The Morgan fingerprint density at radius 1 is 1.31 bits per heavy atom. The SMILES string of the molecule is O=C1CC(C(=O)NCCNc2ncc(Cl)cc2Cl)c2ccc(F)cc2N1. The molecule has 1 unspecified atom stereocenters. The van der Waals surface area contributed by atoms with Crippen LogP contribution in [-0.4, -0.2) is 29.9 Å². The van der Waals surface area contributed by atoms with Gasteiger partial charge in [-0.15, -0.1) is 0 Å². The topological polar surface area (TPSA) is 83.1 Å². The van der Waals surface area contributed by atoms with Crippen molar-refractivity contribution in [3.63, 3.8) is 0 Å². The Balaban J connectivity index is 1.58. The van der Waals surface area contributed by atoms with Gasteiger partial charge in [-0.2, -0.15) is 0 Å². The number of hydrogen-bond donors (Lipinski definition) is 3. The summed E-state index contributed by atoms with van der Waals surface area (Å²) in [6.45, 7) is 0.684. The standard InChI is InChI=1S/C17H15Cl2FN4O2/c18-9-5-13(19)16(23-8-9)21-3-4-22-17(26)12-7-15(25)24-14-6-10(20)1-2-11(12)14/h1-2,5-6,8,12H,3-4,7H2,(H,21,23)(H,22,26)(H,24,25). The van der Waals surface area contributed by atoms with E-state index < -0.39 is 11.7 Å². The number of hydrogen-bond acceptors (Lipinski definition) is 4. The fourth-order valence-corrected chi connectivity index (χ4v) is 3.15. The van der Waals surface area contributed by atoms with Gasteiger partial charge in [0.2, 0.25) is 11.8 Å². The number of carbonyl (C=O) groups is 2. The molecule has 6 nitrogen and oxygen atoms in total. The number of nitrogens with one attached hydrogen (secondary N) is 3. The number of carbonyl (C=O) groups excluding carboxylic acids is 2. The molecule has 1 aromatic carbocycles. The lowest BCUT2D eigenvalue weighted by atomic mass is 9.89. The van der Waals surface area contributed by atoms with Crippen molar-refractivity contribution in [2.75, 3.05) is 23.7 Å². The van der Waals surface area contributed by atoms with E-state index >= 15 is 0 Å². The van der Waals surface area contributed by atoms with Gasteiger partial charge < -0.3 is 16.0 Å². The zero-order valence-electron chi connectivity index (χ0n) is 13.5. The van der Waals surface area contributed by atoms with E-state index in [1.165, 1.54) is 24.4 Å². The summed E-state index contributed by atoms with van der Waals surface area (Å²) in [4.78, 5) is 28.3. The second-order valence-electron chi connectivity index (χ2n) is 5.74. The fraction of sp³-hybridized carbons (Fsp3) is 0.235. The number of pyridine rings is 1. The highest BCUT2D eigenvalue weighted by Gasteiger charge is 2.30. The van der Waals surface area contributed by atoms with Gasteiger partial charge >= 0.3 is 0 Å². The second kappa shape index (κ2) is 7.88. The third-order valence-electron chi connectivity index (χ3n) is 3.90. The van der Waals surface area contributed by atoms with Crippen LogP contribution in [0.1, 0.15) is 17.9 Å². The van der Waals surface area contributed by atoms with E-state index in [-0.39, 0.29) is 18.2 Å². The van der Waals surface area contributed by atoms with Crippen LogP contribution in [-0.2, 0) is 9.59 Å². The number of halogens is 3.